The van der Waals surface area contributed by atoms with Crippen LogP contribution in [0.15, 0.2) is 18.2 Å². The first kappa shape index (κ1) is 14.7. The van der Waals surface area contributed by atoms with Crippen molar-refractivity contribution in [3.63, 3.8) is 0 Å². The van der Waals surface area contributed by atoms with Gasteiger partial charge in [-0.3, -0.25) is 0 Å². The quantitative estimate of drug-likeness (QED) is 0.890. The third kappa shape index (κ3) is 3.07. The lowest BCUT2D eigenvalue weighted by molar-refractivity contribution is 0.355. The summed E-state index contributed by atoms with van der Waals surface area (Å²) < 4.78 is 10.7. The summed E-state index contributed by atoms with van der Waals surface area (Å²) in [5.41, 5.74) is 3.57. The molecule has 4 heteroatoms. The van der Waals surface area contributed by atoms with Crippen molar-refractivity contribution in [1.29, 1.82) is 0 Å². The molecule has 3 nitrogen and oxygen atoms in total. The Morgan fingerprint density at radius 3 is 2.20 bits per heavy atom. The zero-order chi connectivity index (χ0) is 14.7. The zero-order valence-corrected chi connectivity index (χ0v) is 13.5. The minimum absolute atomic E-state index is 0.749. The Morgan fingerprint density at radius 1 is 1.00 bits per heavy atom. The molecule has 0 aliphatic carbocycles. The van der Waals surface area contributed by atoms with Gasteiger partial charge in [0.2, 0.25) is 0 Å². The molecule has 108 valence electrons. The molecule has 0 spiro atoms. The monoisotopic (exact) mass is 291 g/mol. The summed E-state index contributed by atoms with van der Waals surface area (Å²) in [4.78, 5) is 2.72. The maximum atomic E-state index is 5.35. The van der Waals surface area contributed by atoms with E-state index in [0.29, 0.717) is 0 Å². The van der Waals surface area contributed by atoms with Crippen LogP contribution in [0.3, 0.4) is 0 Å². The Kier molecular flexibility index (Phi) is 4.55. The Morgan fingerprint density at radius 2 is 1.65 bits per heavy atom. The van der Waals surface area contributed by atoms with Gasteiger partial charge in [-0.05, 0) is 44.0 Å². The molecule has 1 aromatic carbocycles. The van der Waals surface area contributed by atoms with Crippen LogP contribution in [-0.2, 0) is 6.54 Å². The highest BCUT2D eigenvalue weighted by molar-refractivity contribution is 7.12. The van der Waals surface area contributed by atoms with Gasteiger partial charge in [-0.15, -0.1) is 11.3 Å². The number of hydrogen-bond acceptors (Lipinski definition) is 4. The molecule has 2 rings (SSSR count). The molecule has 0 aliphatic rings. The highest BCUT2D eigenvalue weighted by atomic mass is 32.1. The fourth-order valence-corrected chi connectivity index (χ4v) is 3.17. The Bertz CT molecular complexity index is 605. The van der Waals surface area contributed by atoms with Crippen LogP contribution in [0.4, 0.5) is 5.69 Å². The average molecular weight is 291 g/mol. The number of hydrogen-bond donors (Lipinski definition) is 1. The highest BCUT2D eigenvalue weighted by Gasteiger charge is 2.09. The number of benzene rings is 1. The van der Waals surface area contributed by atoms with Crippen LogP contribution in [-0.4, -0.2) is 14.2 Å². The molecule has 0 saturated carbocycles. The maximum absolute atomic E-state index is 5.35. The average Bonchev–Trinajstić information content (AvgIpc) is 2.75. The third-order valence-corrected chi connectivity index (χ3v) is 4.35. The predicted octanol–water partition coefficient (Wildman–Crippen LogP) is 4.30. The molecular weight excluding hydrogens is 270 g/mol. The molecule has 0 atom stereocenters. The summed E-state index contributed by atoms with van der Waals surface area (Å²) in [6, 6.07) is 6.22. The molecule has 0 radical (unpaired) electrons. The van der Waals surface area contributed by atoms with Gasteiger partial charge in [0.05, 0.1) is 14.2 Å². The smallest absolute Gasteiger partial charge is 0.162 e. The van der Waals surface area contributed by atoms with Crippen molar-refractivity contribution in [1.82, 2.24) is 0 Å². The van der Waals surface area contributed by atoms with E-state index in [-0.39, 0.29) is 0 Å². The minimum Gasteiger partial charge on any atom is -0.493 e. The van der Waals surface area contributed by atoms with E-state index in [4.69, 9.17) is 9.47 Å². The van der Waals surface area contributed by atoms with Crippen molar-refractivity contribution < 1.29 is 9.47 Å². The fraction of sp³-hybridized carbons (Fsp3) is 0.375. The lowest BCUT2D eigenvalue weighted by atomic mass is 10.1. The van der Waals surface area contributed by atoms with Crippen LogP contribution in [0.25, 0.3) is 0 Å². The van der Waals surface area contributed by atoms with Crippen LogP contribution in [0.2, 0.25) is 0 Å². The van der Waals surface area contributed by atoms with Crippen molar-refractivity contribution in [3.05, 3.63) is 39.1 Å². The molecule has 0 unspecified atom stereocenters. The molecule has 1 N–H and O–H groups in total. The molecule has 0 amide bonds. The predicted molar refractivity (Wildman–Crippen MR) is 85.4 cm³/mol. The fourth-order valence-electron chi connectivity index (χ4n) is 2.22. The second-order valence-electron chi connectivity index (χ2n) is 4.81. The summed E-state index contributed by atoms with van der Waals surface area (Å²) in [6.45, 7) is 7.20. The molecule has 2 aromatic rings. The van der Waals surface area contributed by atoms with Crippen LogP contribution in [0, 0.1) is 20.8 Å². The molecular formula is C16H21NO2S. The van der Waals surface area contributed by atoms with E-state index in [1.54, 1.807) is 14.2 Å². The molecule has 0 aliphatic heterocycles. The summed E-state index contributed by atoms with van der Waals surface area (Å²) in [6.07, 6.45) is 0. The van der Waals surface area contributed by atoms with Gasteiger partial charge in [0.25, 0.3) is 0 Å². The van der Waals surface area contributed by atoms with Crippen LogP contribution in [0.5, 0.6) is 11.5 Å². The Labute approximate surface area is 124 Å². The Hall–Kier alpha value is -1.68. The van der Waals surface area contributed by atoms with Gasteiger partial charge in [-0.2, -0.15) is 0 Å². The van der Waals surface area contributed by atoms with Crippen molar-refractivity contribution in [3.8, 4) is 11.5 Å². The summed E-state index contributed by atoms with van der Waals surface area (Å²) >= 11 is 1.84. The molecule has 0 bridgehead atoms. The number of rotatable bonds is 5. The number of ether oxygens (including phenoxy) is 2. The lowest BCUT2D eigenvalue weighted by Gasteiger charge is -2.14. The second kappa shape index (κ2) is 6.18. The maximum Gasteiger partial charge on any atom is 0.162 e. The van der Waals surface area contributed by atoms with E-state index >= 15 is 0 Å². The SMILES string of the molecule is COc1cc(C)c(NCc2cc(C)sc2C)cc1OC. The van der Waals surface area contributed by atoms with Gasteiger partial charge in [0.15, 0.2) is 11.5 Å². The van der Waals surface area contributed by atoms with E-state index in [9.17, 15) is 0 Å². The summed E-state index contributed by atoms with van der Waals surface area (Å²) in [5, 5.41) is 3.48. The van der Waals surface area contributed by atoms with Crippen LogP contribution in [0.1, 0.15) is 20.9 Å². The number of methoxy groups -OCH3 is 2. The first-order chi connectivity index (χ1) is 9.55. The topological polar surface area (TPSA) is 30.5 Å². The Balaban J connectivity index is 2.19. The second-order valence-corrected chi connectivity index (χ2v) is 6.27. The van der Waals surface area contributed by atoms with Gasteiger partial charge >= 0.3 is 0 Å². The standard InChI is InChI=1S/C16H21NO2S/c1-10-6-15(18-4)16(19-5)8-14(10)17-9-13-7-11(2)20-12(13)3/h6-8,17H,9H2,1-5H3. The van der Waals surface area contributed by atoms with Crippen molar-refractivity contribution >= 4 is 17.0 Å². The number of nitrogens with one attached hydrogen (secondary N) is 1. The number of thiophene rings is 1. The van der Waals surface area contributed by atoms with E-state index in [0.717, 1.165) is 29.3 Å². The molecule has 0 fully saturated rings. The summed E-state index contributed by atoms with van der Waals surface area (Å²) in [5.74, 6) is 1.51. The first-order valence-corrected chi connectivity index (χ1v) is 7.39. The van der Waals surface area contributed by atoms with Crippen molar-refractivity contribution in [2.45, 2.75) is 27.3 Å². The third-order valence-electron chi connectivity index (χ3n) is 3.34. The van der Waals surface area contributed by atoms with Crippen molar-refractivity contribution in [2.75, 3.05) is 19.5 Å². The number of anilines is 1. The minimum atomic E-state index is 0.749. The van der Waals surface area contributed by atoms with E-state index in [2.05, 4.69) is 32.2 Å². The summed E-state index contributed by atoms with van der Waals surface area (Å²) in [7, 11) is 3.31. The van der Waals surface area contributed by atoms with Gasteiger partial charge in [-0.25, -0.2) is 0 Å². The van der Waals surface area contributed by atoms with Gasteiger partial charge in [0.1, 0.15) is 0 Å². The van der Waals surface area contributed by atoms with Gasteiger partial charge in [0, 0.05) is 28.1 Å². The van der Waals surface area contributed by atoms with Gasteiger partial charge in [-0.1, -0.05) is 0 Å². The molecule has 1 aromatic heterocycles. The molecule has 1 heterocycles. The van der Waals surface area contributed by atoms with Crippen molar-refractivity contribution in [2.24, 2.45) is 0 Å². The van der Waals surface area contributed by atoms with E-state index in [1.165, 1.54) is 15.3 Å². The first-order valence-electron chi connectivity index (χ1n) is 6.57. The molecule has 0 saturated heterocycles. The van der Waals surface area contributed by atoms with Crippen LogP contribution >= 0.6 is 11.3 Å². The largest absolute Gasteiger partial charge is 0.493 e. The number of aryl methyl sites for hydroxylation is 3. The van der Waals surface area contributed by atoms with Gasteiger partial charge < -0.3 is 14.8 Å². The van der Waals surface area contributed by atoms with Crippen LogP contribution < -0.4 is 14.8 Å². The lowest BCUT2D eigenvalue weighted by Crippen LogP contribution is -2.02. The van der Waals surface area contributed by atoms with E-state index in [1.807, 2.05) is 23.5 Å². The van der Waals surface area contributed by atoms with E-state index < -0.39 is 0 Å². The highest BCUT2D eigenvalue weighted by Crippen LogP contribution is 2.33. The molecule has 20 heavy (non-hydrogen) atoms. The zero-order valence-electron chi connectivity index (χ0n) is 12.7. The normalized spacial score (nSPS) is 10.4.